The summed E-state index contributed by atoms with van der Waals surface area (Å²) >= 11 is 0. The summed E-state index contributed by atoms with van der Waals surface area (Å²) < 4.78 is 29.8. The van der Waals surface area contributed by atoms with Crippen LogP contribution < -0.4 is 19.5 Å². The predicted octanol–water partition coefficient (Wildman–Crippen LogP) is 4.24. The van der Waals surface area contributed by atoms with Crippen molar-refractivity contribution in [1.29, 1.82) is 0 Å². The molecule has 4 rings (SSSR count). The molecule has 2 aliphatic rings. The molecular weight excluding hydrogens is 451 g/mol. The summed E-state index contributed by atoms with van der Waals surface area (Å²) in [6.45, 7) is 3.53. The summed E-state index contributed by atoms with van der Waals surface area (Å²) in [4.78, 5) is 17.5. The molecular formula is C27H33FN2O5. The van der Waals surface area contributed by atoms with Gasteiger partial charge in [0, 0.05) is 5.71 Å². The maximum absolute atomic E-state index is 13.0. The minimum absolute atomic E-state index is 0.0940. The molecule has 8 heteroatoms. The van der Waals surface area contributed by atoms with Crippen molar-refractivity contribution >= 4 is 11.6 Å². The van der Waals surface area contributed by atoms with Gasteiger partial charge in [0.1, 0.15) is 30.9 Å². The second-order valence-electron chi connectivity index (χ2n) is 8.93. The molecule has 7 nitrogen and oxygen atoms in total. The SMILES string of the molecule is CCCC1CC/C1=N/C[C@@H](NC(=O)CCOc1ccc(F)cc1)[C@H](O)c1ccc2c(c1)OCCO2. The molecule has 3 atom stereocenters. The highest BCUT2D eigenvalue weighted by atomic mass is 19.1. The molecule has 188 valence electrons. The van der Waals surface area contributed by atoms with Crippen LogP contribution in [0.25, 0.3) is 0 Å². The highest BCUT2D eigenvalue weighted by Crippen LogP contribution is 2.34. The van der Waals surface area contributed by atoms with Gasteiger partial charge in [0.2, 0.25) is 5.91 Å². The van der Waals surface area contributed by atoms with E-state index >= 15 is 0 Å². The normalized spacial score (nSPS) is 19.5. The number of nitrogens with one attached hydrogen (secondary N) is 1. The van der Waals surface area contributed by atoms with Gasteiger partial charge in [-0.3, -0.25) is 9.79 Å². The first-order chi connectivity index (χ1) is 17.0. The van der Waals surface area contributed by atoms with E-state index in [1.165, 1.54) is 30.0 Å². The van der Waals surface area contributed by atoms with E-state index in [4.69, 9.17) is 19.2 Å². The number of nitrogens with zero attached hydrogens (tertiary/aromatic N) is 1. The topological polar surface area (TPSA) is 89.4 Å². The van der Waals surface area contributed by atoms with Crippen LogP contribution in [0.4, 0.5) is 4.39 Å². The van der Waals surface area contributed by atoms with Crippen molar-refractivity contribution in [1.82, 2.24) is 5.32 Å². The van der Waals surface area contributed by atoms with Gasteiger partial charge < -0.3 is 24.6 Å². The highest BCUT2D eigenvalue weighted by Gasteiger charge is 2.28. The molecule has 1 unspecified atom stereocenters. The zero-order valence-corrected chi connectivity index (χ0v) is 20.0. The van der Waals surface area contributed by atoms with Crippen molar-refractivity contribution in [3.05, 3.63) is 53.8 Å². The molecule has 1 fully saturated rings. The molecule has 1 aliphatic carbocycles. The number of amides is 1. The molecule has 1 aliphatic heterocycles. The Morgan fingerprint density at radius 3 is 2.69 bits per heavy atom. The lowest BCUT2D eigenvalue weighted by molar-refractivity contribution is -0.123. The number of hydrogen-bond acceptors (Lipinski definition) is 6. The summed E-state index contributed by atoms with van der Waals surface area (Å²) in [5, 5.41) is 14.1. The summed E-state index contributed by atoms with van der Waals surface area (Å²) in [5.41, 5.74) is 1.79. The maximum atomic E-state index is 13.0. The van der Waals surface area contributed by atoms with E-state index in [1.54, 1.807) is 18.2 Å². The maximum Gasteiger partial charge on any atom is 0.223 e. The molecule has 1 heterocycles. The van der Waals surface area contributed by atoms with E-state index in [0.29, 0.717) is 41.9 Å². The third kappa shape index (κ3) is 6.72. The molecule has 0 radical (unpaired) electrons. The zero-order valence-electron chi connectivity index (χ0n) is 20.0. The van der Waals surface area contributed by atoms with E-state index < -0.39 is 12.1 Å². The van der Waals surface area contributed by atoms with Gasteiger partial charge in [-0.25, -0.2) is 4.39 Å². The molecule has 0 saturated heterocycles. The smallest absolute Gasteiger partial charge is 0.223 e. The Labute approximate surface area is 205 Å². The fourth-order valence-electron chi connectivity index (χ4n) is 4.33. The largest absolute Gasteiger partial charge is 0.493 e. The fourth-order valence-corrected chi connectivity index (χ4v) is 4.33. The zero-order chi connectivity index (χ0) is 24.6. The average Bonchev–Trinajstić information content (AvgIpc) is 2.86. The third-order valence-corrected chi connectivity index (χ3v) is 6.40. The Balaban J connectivity index is 1.40. The Kier molecular flexibility index (Phi) is 8.58. The predicted molar refractivity (Wildman–Crippen MR) is 131 cm³/mol. The first-order valence-electron chi connectivity index (χ1n) is 12.3. The van der Waals surface area contributed by atoms with Crippen LogP contribution in [0.3, 0.4) is 0 Å². The third-order valence-electron chi connectivity index (χ3n) is 6.40. The van der Waals surface area contributed by atoms with Crippen molar-refractivity contribution in [2.45, 2.75) is 51.2 Å². The number of hydrogen-bond donors (Lipinski definition) is 2. The van der Waals surface area contributed by atoms with Crippen LogP contribution in [0.15, 0.2) is 47.5 Å². The van der Waals surface area contributed by atoms with Gasteiger partial charge in [0.15, 0.2) is 11.5 Å². The lowest BCUT2D eigenvalue weighted by Gasteiger charge is -2.30. The van der Waals surface area contributed by atoms with Crippen LogP contribution >= 0.6 is 0 Å². The molecule has 0 aromatic heterocycles. The molecule has 0 spiro atoms. The van der Waals surface area contributed by atoms with Crippen molar-refractivity contribution < 1.29 is 28.5 Å². The number of fused-ring (bicyclic) bond motifs is 1. The lowest BCUT2D eigenvalue weighted by Crippen LogP contribution is -2.42. The minimum Gasteiger partial charge on any atom is -0.493 e. The molecule has 0 bridgehead atoms. The number of halogens is 1. The molecule has 2 aromatic rings. The molecule has 2 aromatic carbocycles. The van der Waals surface area contributed by atoms with Gasteiger partial charge in [0.25, 0.3) is 0 Å². The van der Waals surface area contributed by atoms with Crippen molar-refractivity contribution in [3.8, 4) is 17.2 Å². The summed E-state index contributed by atoms with van der Waals surface area (Å²) in [6.07, 6.45) is 3.46. The van der Waals surface area contributed by atoms with Crippen LogP contribution in [0.2, 0.25) is 0 Å². The van der Waals surface area contributed by atoms with Crippen LogP contribution in [0, 0.1) is 11.7 Å². The Hall–Kier alpha value is -3.13. The summed E-state index contributed by atoms with van der Waals surface area (Å²) in [7, 11) is 0. The molecule has 1 saturated carbocycles. The van der Waals surface area contributed by atoms with Gasteiger partial charge >= 0.3 is 0 Å². The summed E-state index contributed by atoms with van der Waals surface area (Å²) in [5.74, 6) is 1.62. The minimum atomic E-state index is -0.971. The van der Waals surface area contributed by atoms with Gasteiger partial charge in [-0.2, -0.15) is 0 Å². The Morgan fingerprint density at radius 2 is 1.97 bits per heavy atom. The molecule has 2 N–H and O–H groups in total. The van der Waals surface area contributed by atoms with Gasteiger partial charge in [-0.15, -0.1) is 0 Å². The van der Waals surface area contributed by atoms with Gasteiger partial charge in [0.05, 0.1) is 25.6 Å². The first-order valence-corrected chi connectivity index (χ1v) is 12.3. The second kappa shape index (κ2) is 12.0. The number of carbonyl (C=O) groups excluding carboxylic acids is 1. The fraction of sp³-hybridized carbons (Fsp3) is 0.481. The highest BCUT2D eigenvalue weighted by molar-refractivity contribution is 5.91. The number of aliphatic hydroxyl groups is 1. The van der Waals surface area contributed by atoms with Gasteiger partial charge in [-0.1, -0.05) is 19.4 Å². The number of carbonyl (C=O) groups is 1. The monoisotopic (exact) mass is 484 g/mol. The Morgan fingerprint density at radius 1 is 1.20 bits per heavy atom. The van der Waals surface area contributed by atoms with Crippen molar-refractivity contribution in [2.75, 3.05) is 26.4 Å². The quantitative estimate of drug-likeness (QED) is 0.498. The lowest BCUT2D eigenvalue weighted by atomic mass is 9.80. The standard InChI is InChI=1S/C27H33FN2O5/c1-2-3-18-4-10-22(18)29-17-23(27(32)19-5-11-24-25(16-19)35-15-14-34-24)30-26(31)12-13-33-21-8-6-20(28)7-9-21/h5-9,11,16,18,23,27,32H,2-4,10,12-15,17H2,1H3,(H,30,31)/b29-22-/t18?,23-,27-/m1/s1. The van der Waals surface area contributed by atoms with E-state index in [9.17, 15) is 14.3 Å². The van der Waals surface area contributed by atoms with E-state index in [-0.39, 0.29) is 31.3 Å². The molecule has 35 heavy (non-hydrogen) atoms. The molecule has 1 amide bonds. The average molecular weight is 485 g/mol. The van der Waals surface area contributed by atoms with Crippen molar-refractivity contribution in [2.24, 2.45) is 10.9 Å². The summed E-state index contributed by atoms with van der Waals surface area (Å²) in [6, 6.07) is 10.4. The van der Waals surface area contributed by atoms with E-state index in [0.717, 1.165) is 25.7 Å². The number of aliphatic imine (C=N–C) groups is 1. The van der Waals surface area contributed by atoms with Gasteiger partial charge in [-0.05, 0) is 67.1 Å². The number of rotatable bonds is 11. The first kappa shape index (κ1) is 25.0. The van der Waals surface area contributed by atoms with Crippen LogP contribution in [-0.4, -0.2) is 49.1 Å². The number of ether oxygens (including phenoxy) is 3. The van der Waals surface area contributed by atoms with Crippen LogP contribution in [-0.2, 0) is 4.79 Å². The van der Waals surface area contributed by atoms with Crippen LogP contribution in [0.1, 0.15) is 50.7 Å². The van der Waals surface area contributed by atoms with Crippen molar-refractivity contribution in [3.63, 3.8) is 0 Å². The van der Waals surface area contributed by atoms with Crippen LogP contribution in [0.5, 0.6) is 17.2 Å². The second-order valence-corrected chi connectivity index (χ2v) is 8.93. The number of aliphatic hydroxyl groups excluding tert-OH is 1. The Bertz CT molecular complexity index is 1030. The van der Waals surface area contributed by atoms with E-state index in [1.807, 2.05) is 0 Å². The van der Waals surface area contributed by atoms with E-state index in [2.05, 4.69) is 12.2 Å². The number of benzene rings is 2.